The highest BCUT2D eigenvalue weighted by atomic mass is 32.1. The molecule has 0 saturated heterocycles. The van der Waals surface area contributed by atoms with E-state index in [1.165, 1.54) is 11.3 Å². The number of aliphatic hydroxyl groups is 1. The van der Waals surface area contributed by atoms with Gasteiger partial charge in [0.1, 0.15) is 0 Å². The van der Waals surface area contributed by atoms with E-state index in [1.54, 1.807) is 7.11 Å². The Balaban J connectivity index is 1.84. The van der Waals surface area contributed by atoms with Crippen LogP contribution in [0.5, 0.6) is 0 Å². The molecule has 4 nitrogen and oxygen atoms in total. The lowest BCUT2D eigenvalue weighted by atomic mass is 10.1. The van der Waals surface area contributed by atoms with Gasteiger partial charge >= 0.3 is 0 Å². The van der Waals surface area contributed by atoms with Gasteiger partial charge in [-0.1, -0.05) is 24.3 Å². The Labute approximate surface area is 128 Å². The molecule has 0 aliphatic carbocycles. The molecule has 0 radical (unpaired) electrons. The van der Waals surface area contributed by atoms with Gasteiger partial charge in [0.25, 0.3) is 5.91 Å². The fourth-order valence-corrected chi connectivity index (χ4v) is 2.84. The summed E-state index contributed by atoms with van der Waals surface area (Å²) < 4.78 is 5.08. The lowest BCUT2D eigenvalue weighted by molar-refractivity contribution is 0.0954. The molecule has 0 aliphatic heterocycles. The normalized spacial score (nSPS) is 10.6. The van der Waals surface area contributed by atoms with Gasteiger partial charge in [0.15, 0.2) is 0 Å². The van der Waals surface area contributed by atoms with E-state index in [2.05, 4.69) is 5.32 Å². The van der Waals surface area contributed by atoms with Gasteiger partial charge in [0.2, 0.25) is 0 Å². The number of carbonyl (C=O) groups excluding carboxylic acids is 1. The number of methoxy groups -OCH3 is 1. The number of rotatable bonds is 7. The number of thiophene rings is 1. The van der Waals surface area contributed by atoms with Crippen LogP contribution in [0.3, 0.4) is 0 Å². The summed E-state index contributed by atoms with van der Waals surface area (Å²) in [5, 5.41) is 13.8. The highest BCUT2D eigenvalue weighted by Gasteiger charge is 2.12. The van der Waals surface area contributed by atoms with Crippen molar-refractivity contribution in [2.24, 2.45) is 0 Å². The molecule has 0 bridgehead atoms. The molecule has 2 N–H and O–H groups in total. The number of aliphatic hydroxyl groups excluding tert-OH is 1. The molecule has 112 valence electrons. The molecule has 1 amide bonds. The van der Waals surface area contributed by atoms with Gasteiger partial charge in [-0.2, -0.15) is 0 Å². The van der Waals surface area contributed by atoms with E-state index in [1.807, 2.05) is 35.7 Å². The second kappa shape index (κ2) is 7.93. The summed E-state index contributed by atoms with van der Waals surface area (Å²) in [5.74, 6) is -0.0518. The molecule has 0 saturated carbocycles. The van der Waals surface area contributed by atoms with E-state index in [0.717, 1.165) is 23.1 Å². The Kier molecular flexibility index (Phi) is 5.92. The fraction of sp³-hybridized carbons (Fsp3) is 0.312. The Morgan fingerprint density at radius 3 is 2.62 bits per heavy atom. The van der Waals surface area contributed by atoms with Crippen molar-refractivity contribution < 1.29 is 14.6 Å². The molecule has 5 heteroatoms. The molecule has 1 aromatic heterocycles. The highest BCUT2D eigenvalue weighted by molar-refractivity contribution is 7.12. The van der Waals surface area contributed by atoms with E-state index in [0.29, 0.717) is 18.0 Å². The fourth-order valence-electron chi connectivity index (χ4n) is 2.02. The summed E-state index contributed by atoms with van der Waals surface area (Å²) in [4.78, 5) is 12.8. The minimum absolute atomic E-state index is 0.0518. The topological polar surface area (TPSA) is 58.6 Å². The van der Waals surface area contributed by atoms with Crippen LogP contribution in [0.25, 0.3) is 0 Å². The predicted molar refractivity (Wildman–Crippen MR) is 83.4 cm³/mol. The zero-order valence-corrected chi connectivity index (χ0v) is 12.8. The predicted octanol–water partition coefficient (Wildman–Crippen LogP) is 2.36. The third-order valence-electron chi connectivity index (χ3n) is 3.16. The Hall–Kier alpha value is -1.69. The van der Waals surface area contributed by atoms with Crippen molar-refractivity contribution >= 4 is 17.2 Å². The minimum Gasteiger partial charge on any atom is -0.392 e. The van der Waals surface area contributed by atoms with E-state index in [4.69, 9.17) is 9.84 Å². The van der Waals surface area contributed by atoms with Crippen LogP contribution in [0.1, 0.15) is 26.4 Å². The quantitative estimate of drug-likeness (QED) is 0.825. The van der Waals surface area contributed by atoms with Crippen molar-refractivity contribution in [3.05, 3.63) is 57.3 Å². The summed E-state index contributed by atoms with van der Waals surface area (Å²) in [5.41, 5.74) is 2.95. The summed E-state index contributed by atoms with van der Waals surface area (Å²) >= 11 is 1.43. The molecule has 1 heterocycles. The van der Waals surface area contributed by atoms with Gasteiger partial charge in [0, 0.05) is 19.2 Å². The zero-order chi connectivity index (χ0) is 15.1. The molecular formula is C16H19NO3S. The van der Waals surface area contributed by atoms with Crippen LogP contribution in [-0.2, 0) is 24.4 Å². The summed E-state index contributed by atoms with van der Waals surface area (Å²) in [6, 6.07) is 9.65. The minimum atomic E-state index is -0.0518. The Bertz CT molecular complexity index is 577. The second-order valence-corrected chi connectivity index (χ2v) is 5.60. The van der Waals surface area contributed by atoms with E-state index >= 15 is 0 Å². The maximum absolute atomic E-state index is 12.1. The third kappa shape index (κ3) is 4.39. The first-order valence-corrected chi connectivity index (χ1v) is 7.64. The van der Waals surface area contributed by atoms with Crippen LogP contribution in [0.2, 0.25) is 0 Å². The van der Waals surface area contributed by atoms with Gasteiger partial charge in [0.05, 0.1) is 18.1 Å². The lowest BCUT2D eigenvalue weighted by Gasteiger charge is -2.06. The van der Waals surface area contributed by atoms with Gasteiger partial charge in [-0.3, -0.25) is 4.79 Å². The lowest BCUT2D eigenvalue weighted by Crippen LogP contribution is -2.25. The molecular weight excluding hydrogens is 286 g/mol. The van der Waals surface area contributed by atoms with Crippen molar-refractivity contribution in [3.8, 4) is 0 Å². The van der Waals surface area contributed by atoms with Crippen LogP contribution < -0.4 is 5.32 Å². The number of hydrogen-bond donors (Lipinski definition) is 2. The SMILES string of the molecule is COCc1ccsc1C(=O)NCCc1ccc(CO)cc1. The second-order valence-electron chi connectivity index (χ2n) is 4.69. The molecule has 2 rings (SSSR count). The average Bonchev–Trinajstić information content (AvgIpc) is 2.96. The number of carbonyl (C=O) groups is 1. The molecule has 0 unspecified atom stereocenters. The van der Waals surface area contributed by atoms with Crippen molar-refractivity contribution in [1.82, 2.24) is 5.32 Å². The number of ether oxygens (including phenoxy) is 1. The summed E-state index contributed by atoms with van der Waals surface area (Å²) in [6.45, 7) is 1.09. The molecule has 21 heavy (non-hydrogen) atoms. The zero-order valence-electron chi connectivity index (χ0n) is 12.0. The Morgan fingerprint density at radius 1 is 1.24 bits per heavy atom. The van der Waals surface area contributed by atoms with Crippen LogP contribution in [-0.4, -0.2) is 24.7 Å². The molecule has 1 aromatic carbocycles. The first-order valence-electron chi connectivity index (χ1n) is 6.76. The molecule has 2 aromatic rings. The smallest absolute Gasteiger partial charge is 0.261 e. The van der Waals surface area contributed by atoms with Crippen molar-refractivity contribution in [2.75, 3.05) is 13.7 Å². The van der Waals surface area contributed by atoms with Crippen LogP contribution >= 0.6 is 11.3 Å². The third-order valence-corrected chi connectivity index (χ3v) is 4.11. The molecule has 0 spiro atoms. The van der Waals surface area contributed by atoms with Gasteiger partial charge < -0.3 is 15.2 Å². The van der Waals surface area contributed by atoms with E-state index in [9.17, 15) is 4.79 Å². The first kappa shape index (κ1) is 15.7. The first-order chi connectivity index (χ1) is 10.2. The monoisotopic (exact) mass is 305 g/mol. The van der Waals surface area contributed by atoms with Gasteiger partial charge in [-0.25, -0.2) is 0 Å². The maximum Gasteiger partial charge on any atom is 0.261 e. The van der Waals surface area contributed by atoms with Crippen LogP contribution in [0, 0.1) is 0 Å². The standard InChI is InChI=1S/C16H19NO3S/c1-20-11-14-7-9-21-15(14)16(19)17-8-6-12-2-4-13(10-18)5-3-12/h2-5,7,9,18H,6,8,10-11H2,1H3,(H,17,19). The largest absolute Gasteiger partial charge is 0.392 e. The highest BCUT2D eigenvalue weighted by Crippen LogP contribution is 2.17. The van der Waals surface area contributed by atoms with Gasteiger partial charge in [-0.15, -0.1) is 11.3 Å². The summed E-state index contributed by atoms with van der Waals surface area (Å²) in [6.07, 6.45) is 0.766. The van der Waals surface area contributed by atoms with Crippen molar-refractivity contribution in [2.45, 2.75) is 19.6 Å². The number of amides is 1. The van der Waals surface area contributed by atoms with E-state index < -0.39 is 0 Å². The van der Waals surface area contributed by atoms with Gasteiger partial charge in [-0.05, 0) is 29.0 Å². The number of hydrogen-bond acceptors (Lipinski definition) is 4. The molecule has 0 fully saturated rings. The number of benzene rings is 1. The molecule has 0 atom stereocenters. The average molecular weight is 305 g/mol. The number of nitrogens with one attached hydrogen (secondary N) is 1. The maximum atomic E-state index is 12.1. The van der Waals surface area contributed by atoms with Crippen LogP contribution in [0.4, 0.5) is 0 Å². The Morgan fingerprint density at radius 2 is 1.95 bits per heavy atom. The van der Waals surface area contributed by atoms with Crippen molar-refractivity contribution in [3.63, 3.8) is 0 Å². The van der Waals surface area contributed by atoms with E-state index in [-0.39, 0.29) is 12.5 Å². The van der Waals surface area contributed by atoms with Crippen LogP contribution in [0.15, 0.2) is 35.7 Å². The van der Waals surface area contributed by atoms with Crippen molar-refractivity contribution in [1.29, 1.82) is 0 Å². The molecule has 0 aliphatic rings. The summed E-state index contributed by atoms with van der Waals surface area (Å²) in [7, 11) is 1.62.